The van der Waals surface area contributed by atoms with Crippen molar-refractivity contribution in [2.24, 2.45) is 0 Å². The largest absolute Gasteiger partial charge is 0.481 e. The molecule has 3 aromatic rings. The van der Waals surface area contributed by atoms with Gasteiger partial charge in [-0.2, -0.15) is 0 Å². The highest BCUT2D eigenvalue weighted by Crippen LogP contribution is 2.41. The van der Waals surface area contributed by atoms with Crippen LogP contribution in [0.4, 0.5) is 4.39 Å². The Morgan fingerprint density at radius 3 is 2.73 bits per heavy atom. The van der Waals surface area contributed by atoms with Gasteiger partial charge in [-0.3, -0.25) is 14.7 Å². The molecular formula is C20H16BrFN4O3S. The molecule has 1 heterocycles. The summed E-state index contributed by atoms with van der Waals surface area (Å²) >= 11 is 4.58. The van der Waals surface area contributed by atoms with Crippen molar-refractivity contribution in [2.75, 3.05) is 13.2 Å². The van der Waals surface area contributed by atoms with Crippen LogP contribution in [0, 0.1) is 35.2 Å². The first kappa shape index (κ1) is 21.8. The van der Waals surface area contributed by atoms with E-state index in [1.165, 1.54) is 23.9 Å². The first-order valence-electron chi connectivity index (χ1n) is 8.71. The van der Waals surface area contributed by atoms with Gasteiger partial charge in [-0.1, -0.05) is 33.6 Å². The SMILES string of the molecule is C#CCOc1ccc(Br)cc1[C@H](C[N+](=O)[O-])Sc1nnc(C)n1-c1ccc(F)cc1. The molecule has 0 saturated carbocycles. The van der Waals surface area contributed by atoms with Gasteiger partial charge in [0.15, 0.2) is 5.16 Å². The number of hydrogen-bond donors (Lipinski definition) is 0. The second-order valence-electron chi connectivity index (χ2n) is 6.14. The highest BCUT2D eigenvalue weighted by atomic mass is 79.9. The van der Waals surface area contributed by atoms with E-state index in [1.807, 2.05) is 0 Å². The zero-order chi connectivity index (χ0) is 21.7. The summed E-state index contributed by atoms with van der Waals surface area (Å²) in [6.07, 6.45) is 5.29. The third-order valence-electron chi connectivity index (χ3n) is 4.07. The molecule has 0 spiro atoms. The van der Waals surface area contributed by atoms with Gasteiger partial charge in [0.1, 0.15) is 29.2 Å². The van der Waals surface area contributed by atoms with Crippen LogP contribution in [0.2, 0.25) is 0 Å². The number of aryl methyl sites for hydroxylation is 1. The number of ether oxygens (including phenoxy) is 1. The Bertz CT molecular complexity index is 1100. The molecule has 0 N–H and O–H groups in total. The molecule has 30 heavy (non-hydrogen) atoms. The van der Waals surface area contributed by atoms with Crippen molar-refractivity contribution in [1.82, 2.24) is 14.8 Å². The first-order valence-corrected chi connectivity index (χ1v) is 10.4. The van der Waals surface area contributed by atoms with E-state index in [1.54, 1.807) is 41.8 Å². The molecule has 1 aromatic heterocycles. The molecule has 7 nitrogen and oxygen atoms in total. The van der Waals surface area contributed by atoms with Crippen LogP contribution in [0.5, 0.6) is 5.75 Å². The second-order valence-corrected chi connectivity index (χ2v) is 8.22. The standard InChI is InChI=1S/C20H16BrFN4O3S/c1-3-10-29-18-9-4-14(21)11-17(18)19(12-25(27)28)30-20-24-23-13(2)26(20)16-7-5-15(22)6-8-16/h1,4-9,11,19H,10,12H2,2H3/t19-/m0/s1. The van der Waals surface area contributed by atoms with Crippen LogP contribution in [0.1, 0.15) is 16.6 Å². The second kappa shape index (κ2) is 9.73. The van der Waals surface area contributed by atoms with Crippen LogP contribution in [0.25, 0.3) is 5.69 Å². The van der Waals surface area contributed by atoms with Gasteiger partial charge in [0, 0.05) is 20.6 Å². The van der Waals surface area contributed by atoms with Gasteiger partial charge in [0.25, 0.3) is 0 Å². The number of halogens is 2. The lowest BCUT2D eigenvalue weighted by molar-refractivity contribution is -0.479. The van der Waals surface area contributed by atoms with Crippen molar-refractivity contribution in [3.63, 3.8) is 0 Å². The number of rotatable bonds is 8. The highest BCUT2D eigenvalue weighted by molar-refractivity contribution is 9.10. The van der Waals surface area contributed by atoms with E-state index in [-0.39, 0.29) is 19.0 Å². The monoisotopic (exact) mass is 490 g/mol. The maximum atomic E-state index is 13.3. The van der Waals surface area contributed by atoms with Crippen LogP contribution in [0.3, 0.4) is 0 Å². The first-order chi connectivity index (χ1) is 14.4. The van der Waals surface area contributed by atoms with E-state index in [0.717, 1.165) is 4.47 Å². The molecule has 0 bridgehead atoms. The molecule has 0 unspecified atom stereocenters. The Morgan fingerprint density at radius 1 is 1.33 bits per heavy atom. The quantitative estimate of drug-likeness (QED) is 0.198. The van der Waals surface area contributed by atoms with Crippen molar-refractivity contribution < 1.29 is 14.1 Å². The van der Waals surface area contributed by atoms with E-state index in [2.05, 4.69) is 32.0 Å². The lowest BCUT2D eigenvalue weighted by Crippen LogP contribution is -2.13. The Morgan fingerprint density at radius 2 is 2.07 bits per heavy atom. The maximum absolute atomic E-state index is 13.3. The van der Waals surface area contributed by atoms with Crippen molar-refractivity contribution in [2.45, 2.75) is 17.3 Å². The lowest BCUT2D eigenvalue weighted by atomic mass is 10.1. The highest BCUT2D eigenvalue weighted by Gasteiger charge is 2.27. The summed E-state index contributed by atoms with van der Waals surface area (Å²) in [5, 5.41) is 19.5. The number of benzene rings is 2. The van der Waals surface area contributed by atoms with Crippen molar-refractivity contribution >= 4 is 27.7 Å². The minimum atomic E-state index is -0.631. The summed E-state index contributed by atoms with van der Waals surface area (Å²) in [5.74, 6) is 3.06. The molecule has 2 aromatic carbocycles. The van der Waals surface area contributed by atoms with E-state index in [9.17, 15) is 14.5 Å². The molecule has 154 valence electrons. The van der Waals surface area contributed by atoms with Gasteiger partial charge in [0.05, 0.1) is 0 Å². The van der Waals surface area contributed by atoms with E-state index in [4.69, 9.17) is 11.2 Å². The molecular weight excluding hydrogens is 475 g/mol. The topological polar surface area (TPSA) is 83.1 Å². The van der Waals surface area contributed by atoms with Crippen LogP contribution in [-0.4, -0.2) is 32.8 Å². The molecule has 0 aliphatic carbocycles. The van der Waals surface area contributed by atoms with E-state index < -0.39 is 10.2 Å². The Labute approximate surface area is 184 Å². The minimum Gasteiger partial charge on any atom is -0.481 e. The minimum absolute atomic E-state index is 0.0371. The molecule has 3 rings (SSSR count). The number of thioether (sulfide) groups is 1. The average Bonchev–Trinajstić information content (AvgIpc) is 3.07. The number of aromatic nitrogens is 3. The lowest BCUT2D eigenvalue weighted by Gasteiger charge is -2.17. The summed E-state index contributed by atoms with van der Waals surface area (Å²) < 4.78 is 21.4. The van der Waals surface area contributed by atoms with Gasteiger partial charge >= 0.3 is 0 Å². The predicted molar refractivity (Wildman–Crippen MR) is 115 cm³/mol. The zero-order valence-electron chi connectivity index (χ0n) is 15.8. The number of nitrogens with zero attached hydrogens (tertiary/aromatic N) is 4. The third kappa shape index (κ3) is 5.17. The molecule has 0 radical (unpaired) electrons. The number of terminal acetylenes is 1. The molecule has 0 fully saturated rings. The maximum Gasteiger partial charge on any atom is 0.220 e. The van der Waals surface area contributed by atoms with Gasteiger partial charge < -0.3 is 4.74 Å². The number of nitro groups is 1. The number of hydrogen-bond acceptors (Lipinski definition) is 6. The fourth-order valence-corrected chi connectivity index (χ4v) is 4.36. The molecule has 0 amide bonds. The van der Waals surface area contributed by atoms with Gasteiger partial charge in [0.2, 0.25) is 6.54 Å². The van der Waals surface area contributed by atoms with Gasteiger partial charge in [-0.05, 0) is 49.4 Å². The van der Waals surface area contributed by atoms with Crippen molar-refractivity contribution in [3.05, 3.63) is 74.3 Å². The normalized spacial score (nSPS) is 11.7. The Kier molecular flexibility index (Phi) is 7.07. The fraction of sp³-hybridized carbons (Fsp3) is 0.200. The summed E-state index contributed by atoms with van der Waals surface area (Å²) in [4.78, 5) is 11.0. The van der Waals surface area contributed by atoms with Crippen molar-refractivity contribution in [3.8, 4) is 23.8 Å². The van der Waals surface area contributed by atoms with Crippen LogP contribution >= 0.6 is 27.7 Å². The molecule has 0 aliphatic rings. The van der Waals surface area contributed by atoms with Gasteiger partial charge in [-0.15, -0.1) is 16.6 Å². The van der Waals surface area contributed by atoms with Crippen molar-refractivity contribution in [1.29, 1.82) is 0 Å². The molecule has 0 aliphatic heterocycles. The van der Waals surface area contributed by atoms with E-state index in [0.29, 0.717) is 28.0 Å². The average molecular weight is 491 g/mol. The molecule has 10 heteroatoms. The van der Waals surface area contributed by atoms with E-state index >= 15 is 0 Å². The van der Waals surface area contributed by atoms with Gasteiger partial charge in [-0.25, -0.2) is 4.39 Å². The Balaban J connectivity index is 2.02. The van der Waals surface area contributed by atoms with Crippen LogP contribution < -0.4 is 4.74 Å². The smallest absolute Gasteiger partial charge is 0.220 e. The third-order valence-corrected chi connectivity index (χ3v) is 5.73. The molecule has 0 saturated heterocycles. The summed E-state index contributed by atoms with van der Waals surface area (Å²) in [5.41, 5.74) is 1.26. The summed E-state index contributed by atoms with van der Waals surface area (Å²) in [7, 11) is 0. The zero-order valence-corrected chi connectivity index (χ0v) is 18.2. The van der Waals surface area contributed by atoms with Crippen LogP contribution in [0.15, 0.2) is 52.1 Å². The van der Waals surface area contributed by atoms with Crippen LogP contribution in [-0.2, 0) is 0 Å². The fourth-order valence-electron chi connectivity index (χ4n) is 2.79. The predicted octanol–water partition coefficient (Wildman–Crippen LogP) is 4.60. The summed E-state index contributed by atoms with van der Waals surface area (Å²) in [6.45, 7) is 1.42. The summed E-state index contributed by atoms with van der Waals surface area (Å²) in [6, 6.07) is 11.1. The molecule has 1 atom stereocenters. The Hall–Kier alpha value is -2.90.